The van der Waals surface area contributed by atoms with Crippen LogP contribution in [0.5, 0.6) is 0 Å². The van der Waals surface area contributed by atoms with Crippen LogP contribution in [-0.4, -0.2) is 25.6 Å². The van der Waals surface area contributed by atoms with Gasteiger partial charge in [0.25, 0.3) is 0 Å². The van der Waals surface area contributed by atoms with Crippen molar-refractivity contribution >= 4 is 33.4 Å². The summed E-state index contributed by atoms with van der Waals surface area (Å²) in [7, 11) is -3.53. The Morgan fingerprint density at radius 3 is 2.40 bits per heavy atom. The fourth-order valence-corrected chi connectivity index (χ4v) is 4.06. The van der Waals surface area contributed by atoms with E-state index in [1.807, 2.05) is 19.1 Å². The minimum atomic E-state index is -3.53. The van der Waals surface area contributed by atoms with Crippen molar-refractivity contribution in [1.29, 1.82) is 0 Å². The molecular formula is C17H22N2O4S2. The number of carbonyl (C=O) groups is 1. The molecule has 0 aliphatic rings. The Hall–Kier alpha value is -1.77. The lowest BCUT2D eigenvalue weighted by Gasteiger charge is -2.13. The number of hydrogen-bond acceptors (Lipinski definition) is 5. The van der Waals surface area contributed by atoms with E-state index in [2.05, 4.69) is 10.0 Å². The highest BCUT2D eigenvalue weighted by atomic mass is 32.2. The SMILES string of the molecule is CC(C)NS(=O)(=O)c1ccc(NC(=O)[C@@H](C)SCc2ccco2)cc1. The second kappa shape index (κ2) is 8.55. The molecule has 0 unspecified atom stereocenters. The third kappa shape index (κ3) is 5.91. The maximum Gasteiger partial charge on any atom is 0.240 e. The summed E-state index contributed by atoms with van der Waals surface area (Å²) in [4.78, 5) is 12.4. The largest absolute Gasteiger partial charge is 0.468 e. The summed E-state index contributed by atoms with van der Waals surface area (Å²) in [6.45, 7) is 5.33. The molecule has 0 spiro atoms. The first-order chi connectivity index (χ1) is 11.8. The van der Waals surface area contributed by atoms with Crippen molar-refractivity contribution in [2.75, 3.05) is 5.32 Å². The van der Waals surface area contributed by atoms with E-state index in [4.69, 9.17) is 4.42 Å². The average Bonchev–Trinajstić information content (AvgIpc) is 3.05. The van der Waals surface area contributed by atoms with Crippen molar-refractivity contribution in [2.45, 2.75) is 42.7 Å². The molecule has 1 amide bonds. The molecule has 0 aliphatic heterocycles. The van der Waals surface area contributed by atoms with Crippen LogP contribution in [0.15, 0.2) is 52.0 Å². The summed E-state index contributed by atoms with van der Waals surface area (Å²) < 4.78 is 31.9. The van der Waals surface area contributed by atoms with Crippen LogP contribution in [0.4, 0.5) is 5.69 Å². The zero-order valence-electron chi connectivity index (χ0n) is 14.4. The molecule has 0 aliphatic carbocycles. The van der Waals surface area contributed by atoms with E-state index < -0.39 is 10.0 Å². The molecule has 8 heteroatoms. The van der Waals surface area contributed by atoms with Crippen LogP contribution >= 0.6 is 11.8 Å². The minimum absolute atomic E-state index is 0.146. The molecule has 136 valence electrons. The third-order valence-electron chi connectivity index (χ3n) is 3.25. The topological polar surface area (TPSA) is 88.4 Å². The summed E-state index contributed by atoms with van der Waals surface area (Å²) in [5.74, 6) is 1.28. The van der Waals surface area contributed by atoms with Gasteiger partial charge >= 0.3 is 0 Å². The van der Waals surface area contributed by atoms with Crippen molar-refractivity contribution in [3.63, 3.8) is 0 Å². The van der Waals surface area contributed by atoms with Gasteiger partial charge in [0.05, 0.1) is 22.2 Å². The van der Waals surface area contributed by atoms with Crippen molar-refractivity contribution in [1.82, 2.24) is 4.72 Å². The first-order valence-electron chi connectivity index (χ1n) is 7.85. The first kappa shape index (κ1) is 19.6. The minimum Gasteiger partial charge on any atom is -0.468 e. The summed E-state index contributed by atoms with van der Waals surface area (Å²) >= 11 is 1.46. The second-order valence-corrected chi connectivity index (χ2v) is 8.87. The molecular weight excluding hydrogens is 360 g/mol. The van der Waals surface area contributed by atoms with Gasteiger partial charge in [-0.2, -0.15) is 0 Å². The fourth-order valence-electron chi connectivity index (χ4n) is 2.02. The molecule has 1 heterocycles. The fraction of sp³-hybridized carbons (Fsp3) is 0.353. The van der Waals surface area contributed by atoms with Gasteiger partial charge in [-0.25, -0.2) is 13.1 Å². The van der Waals surface area contributed by atoms with Gasteiger partial charge in [-0.05, 0) is 57.2 Å². The van der Waals surface area contributed by atoms with Crippen molar-refractivity contribution in [3.05, 3.63) is 48.4 Å². The summed E-state index contributed by atoms with van der Waals surface area (Å²) in [5.41, 5.74) is 0.555. The van der Waals surface area contributed by atoms with Gasteiger partial charge in [-0.3, -0.25) is 4.79 Å². The van der Waals surface area contributed by atoms with Crippen LogP contribution in [0.3, 0.4) is 0 Å². The van der Waals surface area contributed by atoms with Crippen molar-refractivity contribution in [3.8, 4) is 0 Å². The van der Waals surface area contributed by atoms with Crippen LogP contribution < -0.4 is 10.0 Å². The lowest BCUT2D eigenvalue weighted by Crippen LogP contribution is -2.30. The van der Waals surface area contributed by atoms with Crippen LogP contribution in [0.1, 0.15) is 26.5 Å². The maximum atomic E-state index is 12.2. The van der Waals surface area contributed by atoms with Gasteiger partial charge in [0.15, 0.2) is 0 Å². The molecule has 1 aromatic heterocycles. The standard InChI is InChI=1S/C17H22N2O4S2/c1-12(2)19-25(21,22)16-8-6-14(7-9-16)18-17(20)13(3)24-11-15-5-4-10-23-15/h4-10,12-13,19H,11H2,1-3H3,(H,18,20)/t13-/m1/s1. The lowest BCUT2D eigenvalue weighted by atomic mass is 10.3. The molecule has 0 saturated carbocycles. The van der Waals surface area contributed by atoms with E-state index >= 15 is 0 Å². The smallest absolute Gasteiger partial charge is 0.240 e. The number of benzene rings is 1. The normalized spacial score (nSPS) is 13.0. The molecule has 1 aromatic carbocycles. The van der Waals surface area contributed by atoms with Crippen molar-refractivity contribution in [2.24, 2.45) is 0 Å². The molecule has 25 heavy (non-hydrogen) atoms. The Morgan fingerprint density at radius 1 is 1.16 bits per heavy atom. The van der Waals surface area contributed by atoms with Crippen molar-refractivity contribution < 1.29 is 17.6 Å². The Balaban J connectivity index is 1.92. The number of hydrogen-bond donors (Lipinski definition) is 2. The highest BCUT2D eigenvalue weighted by molar-refractivity contribution is 7.99. The lowest BCUT2D eigenvalue weighted by molar-refractivity contribution is -0.115. The Morgan fingerprint density at radius 2 is 1.84 bits per heavy atom. The zero-order valence-corrected chi connectivity index (χ0v) is 16.0. The number of carbonyl (C=O) groups excluding carboxylic acids is 1. The van der Waals surface area contributed by atoms with Gasteiger partial charge in [-0.1, -0.05) is 0 Å². The van der Waals surface area contributed by atoms with E-state index in [9.17, 15) is 13.2 Å². The predicted octanol–water partition coefficient (Wildman–Crippen LogP) is 3.23. The maximum absolute atomic E-state index is 12.2. The van der Waals surface area contributed by atoms with Crippen LogP contribution in [0, 0.1) is 0 Å². The van der Waals surface area contributed by atoms with E-state index in [1.165, 1.54) is 23.9 Å². The average molecular weight is 383 g/mol. The second-order valence-electron chi connectivity index (χ2n) is 5.82. The van der Waals surface area contributed by atoms with E-state index in [0.29, 0.717) is 11.4 Å². The highest BCUT2D eigenvalue weighted by Gasteiger charge is 2.17. The highest BCUT2D eigenvalue weighted by Crippen LogP contribution is 2.20. The molecule has 0 bridgehead atoms. The number of anilines is 1. The number of nitrogens with one attached hydrogen (secondary N) is 2. The van der Waals surface area contributed by atoms with Gasteiger partial charge in [0.2, 0.25) is 15.9 Å². The molecule has 0 fully saturated rings. The summed E-state index contributed by atoms with van der Waals surface area (Å²) in [6.07, 6.45) is 1.60. The van der Waals surface area contributed by atoms with E-state index in [-0.39, 0.29) is 22.1 Å². The molecule has 6 nitrogen and oxygen atoms in total. The van der Waals surface area contributed by atoms with Crippen LogP contribution in [0.2, 0.25) is 0 Å². The Labute approximate surface area is 152 Å². The number of furan rings is 1. The molecule has 2 N–H and O–H groups in total. The zero-order chi connectivity index (χ0) is 18.4. The molecule has 2 aromatic rings. The predicted molar refractivity (Wildman–Crippen MR) is 100.0 cm³/mol. The Bertz CT molecular complexity index is 785. The molecule has 0 radical (unpaired) electrons. The molecule has 2 rings (SSSR count). The summed E-state index contributed by atoms with van der Waals surface area (Å²) in [5, 5.41) is 2.52. The van der Waals surface area contributed by atoms with Gasteiger partial charge in [-0.15, -0.1) is 11.8 Å². The van der Waals surface area contributed by atoms with Crippen LogP contribution in [0.25, 0.3) is 0 Å². The van der Waals surface area contributed by atoms with E-state index in [1.54, 1.807) is 32.2 Å². The quantitative estimate of drug-likeness (QED) is 0.732. The van der Waals surface area contributed by atoms with E-state index in [0.717, 1.165) is 5.76 Å². The number of rotatable bonds is 8. The first-order valence-corrected chi connectivity index (χ1v) is 10.4. The van der Waals surface area contributed by atoms with Gasteiger partial charge in [0.1, 0.15) is 5.76 Å². The molecule has 1 atom stereocenters. The molecule has 0 saturated heterocycles. The van der Waals surface area contributed by atoms with Gasteiger partial charge in [0, 0.05) is 11.7 Å². The number of sulfonamides is 1. The number of amides is 1. The van der Waals surface area contributed by atoms with Gasteiger partial charge < -0.3 is 9.73 Å². The summed E-state index contributed by atoms with van der Waals surface area (Å²) in [6, 6.07) is 9.60. The number of thioether (sulfide) groups is 1. The monoisotopic (exact) mass is 382 g/mol. The third-order valence-corrected chi connectivity index (χ3v) is 6.09. The van der Waals surface area contributed by atoms with Crippen LogP contribution in [-0.2, 0) is 20.6 Å². The Kier molecular flexibility index (Phi) is 6.69.